The molecule has 3 aromatic rings. The normalized spacial score (nSPS) is 14.9. The van der Waals surface area contributed by atoms with Crippen LogP contribution in [-0.4, -0.2) is 33.8 Å². The van der Waals surface area contributed by atoms with Crippen molar-refractivity contribution >= 4 is 40.1 Å². The van der Waals surface area contributed by atoms with E-state index in [2.05, 4.69) is 25.2 Å². The second kappa shape index (κ2) is 8.74. The molecule has 150 valence electrons. The lowest BCUT2D eigenvalue weighted by Crippen LogP contribution is -2.36. The number of carbonyl (C=O) groups excluding carboxylic acids is 1. The van der Waals surface area contributed by atoms with Crippen molar-refractivity contribution in [3.8, 4) is 0 Å². The zero-order valence-electron chi connectivity index (χ0n) is 16.4. The van der Waals surface area contributed by atoms with E-state index in [-0.39, 0.29) is 5.92 Å². The molecule has 1 fully saturated rings. The minimum atomic E-state index is 0.183. The summed E-state index contributed by atoms with van der Waals surface area (Å²) < 4.78 is 0. The second-order valence-electron chi connectivity index (χ2n) is 7.29. The van der Waals surface area contributed by atoms with Gasteiger partial charge in [0.25, 0.3) is 0 Å². The van der Waals surface area contributed by atoms with Crippen LogP contribution in [0, 0.1) is 5.92 Å². The molecule has 4 rings (SSSR count). The summed E-state index contributed by atoms with van der Waals surface area (Å²) in [6.07, 6.45) is 5.98. The van der Waals surface area contributed by atoms with E-state index in [9.17, 15) is 4.79 Å². The number of ketones is 1. The summed E-state index contributed by atoms with van der Waals surface area (Å²) in [6.45, 7) is 4.15. The molecule has 1 aliphatic heterocycles. The third-order valence-electron chi connectivity index (χ3n) is 5.48. The van der Waals surface area contributed by atoms with Gasteiger partial charge < -0.3 is 10.2 Å². The summed E-state index contributed by atoms with van der Waals surface area (Å²) in [6, 6.07) is 9.61. The van der Waals surface area contributed by atoms with Gasteiger partial charge in [-0.25, -0.2) is 15.0 Å². The zero-order chi connectivity index (χ0) is 20.2. The minimum Gasteiger partial charge on any atom is -0.356 e. The van der Waals surface area contributed by atoms with Crippen molar-refractivity contribution in [1.82, 2.24) is 15.0 Å². The van der Waals surface area contributed by atoms with Crippen molar-refractivity contribution in [3.63, 3.8) is 0 Å². The number of Topliss-reactive ketones (excluding diaryl/α,β-unsaturated/α-hetero) is 1. The highest BCUT2D eigenvalue weighted by molar-refractivity contribution is 6.31. The fourth-order valence-electron chi connectivity index (χ4n) is 3.80. The van der Waals surface area contributed by atoms with Crippen molar-refractivity contribution in [2.45, 2.75) is 32.7 Å². The number of carbonyl (C=O) groups is 1. The molecule has 0 bridgehead atoms. The van der Waals surface area contributed by atoms with Gasteiger partial charge in [0.1, 0.15) is 11.6 Å². The third-order valence-corrected chi connectivity index (χ3v) is 5.85. The van der Waals surface area contributed by atoms with Gasteiger partial charge in [-0.1, -0.05) is 36.7 Å². The number of rotatable bonds is 6. The van der Waals surface area contributed by atoms with Gasteiger partial charge in [0.2, 0.25) is 5.95 Å². The quantitative estimate of drug-likeness (QED) is 0.647. The molecule has 3 heterocycles. The lowest BCUT2D eigenvalue weighted by molar-refractivity contribution is -0.123. The Morgan fingerprint density at radius 1 is 1.21 bits per heavy atom. The number of hydrogen-bond acceptors (Lipinski definition) is 6. The summed E-state index contributed by atoms with van der Waals surface area (Å²) in [5, 5.41) is 4.89. The van der Waals surface area contributed by atoms with Gasteiger partial charge in [-0.2, -0.15) is 0 Å². The topological polar surface area (TPSA) is 71.0 Å². The predicted molar refractivity (Wildman–Crippen MR) is 116 cm³/mol. The van der Waals surface area contributed by atoms with E-state index in [0.29, 0.717) is 24.7 Å². The Morgan fingerprint density at radius 2 is 2.00 bits per heavy atom. The molecule has 29 heavy (non-hydrogen) atoms. The highest BCUT2D eigenvalue weighted by Gasteiger charge is 2.25. The zero-order valence-corrected chi connectivity index (χ0v) is 17.2. The van der Waals surface area contributed by atoms with E-state index < -0.39 is 0 Å². The summed E-state index contributed by atoms with van der Waals surface area (Å²) in [5.41, 5.74) is 1.84. The van der Waals surface area contributed by atoms with Crippen LogP contribution in [0.1, 0.15) is 31.7 Å². The number of pyridine rings is 1. The van der Waals surface area contributed by atoms with Crippen LogP contribution < -0.4 is 10.2 Å². The van der Waals surface area contributed by atoms with Crippen molar-refractivity contribution < 1.29 is 4.79 Å². The summed E-state index contributed by atoms with van der Waals surface area (Å²) in [7, 11) is 0. The van der Waals surface area contributed by atoms with E-state index >= 15 is 0 Å². The SMILES string of the molecule is CCC(=O)C1CCN(c2nccc3nc(NCc4ccccc4Cl)ncc23)CC1. The molecular weight excluding hydrogens is 386 g/mol. The van der Waals surface area contributed by atoms with Crippen LogP contribution in [0.5, 0.6) is 0 Å². The minimum absolute atomic E-state index is 0.183. The number of piperidine rings is 1. The van der Waals surface area contributed by atoms with E-state index in [1.165, 1.54) is 0 Å². The van der Waals surface area contributed by atoms with Crippen LogP contribution >= 0.6 is 11.6 Å². The largest absolute Gasteiger partial charge is 0.356 e. The number of fused-ring (bicyclic) bond motifs is 1. The lowest BCUT2D eigenvalue weighted by atomic mass is 9.91. The molecule has 0 aliphatic carbocycles. The van der Waals surface area contributed by atoms with E-state index in [1.54, 1.807) is 6.20 Å². The average molecular weight is 410 g/mol. The van der Waals surface area contributed by atoms with Gasteiger partial charge in [-0.3, -0.25) is 4.79 Å². The average Bonchev–Trinajstić information content (AvgIpc) is 2.77. The fraction of sp³-hybridized carbons (Fsp3) is 0.364. The molecule has 1 saturated heterocycles. The molecule has 1 aromatic carbocycles. The monoisotopic (exact) mass is 409 g/mol. The first-order chi connectivity index (χ1) is 14.2. The molecule has 0 unspecified atom stereocenters. The molecular formula is C22H24ClN5O. The summed E-state index contributed by atoms with van der Waals surface area (Å²) >= 11 is 6.22. The molecule has 0 amide bonds. The van der Waals surface area contributed by atoms with Gasteiger partial charge in [0.15, 0.2) is 0 Å². The number of nitrogens with one attached hydrogen (secondary N) is 1. The Labute approximate surface area is 175 Å². The summed E-state index contributed by atoms with van der Waals surface area (Å²) in [5.74, 6) is 2.00. The number of aromatic nitrogens is 3. The first-order valence-electron chi connectivity index (χ1n) is 10.0. The Balaban J connectivity index is 1.50. The van der Waals surface area contributed by atoms with Crippen molar-refractivity contribution in [1.29, 1.82) is 0 Å². The van der Waals surface area contributed by atoms with Crippen LogP contribution in [0.15, 0.2) is 42.7 Å². The van der Waals surface area contributed by atoms with Crippen molar-refractivity contribution in [2.24, 2.45) is 5.92 Å². The smallest absolute Gasteiger partial charge is 0.223 e. The molecule has 1 aliphatic rings. The highest BCUT2D eigenvalue weighted by atomic mass is 35.5. The maximum Gasteiger partial charge on any atom is 0.223 e. The lowest BCUT2D eigenvalue weighted by Gasteiger charge is -2.32. The number of benzene rings is 1. The summed E-state index contributed by atoms with van der Waals surface area (Å²) in [4.78, 5) is 27.9. The number of anilines is 2. The Hall–Kier alpha value is -2.73. The maximum absolute atomic E-state index is 12.0. The molecule has 7 heteroatoms. The predicted octanol–water partition coefficient (Wildman–Crippen LogP) is 4.49. The van der Waals surface area contributed by atoms with Gasteiger partial charge in [0.05, 0.1) is 10.9 Å². The first kappa shape index (κ1) is 19.6. The Bertz CT molecular complexity index is 1020. The number of nitrogens with zero attached hydrogens (tertiary/aromatic N) is 4. The van der Waals surface area contributed by atoms with E-state index in [4.69, 9.17) is 11.6 Å². The van der Waals surface area contributed by atoms with Crippen LogP contribution in [0.4, 0.5) is 11.8 Å². The number of halogens is 1. The molecule has 2 aromatic heterocycles. The van der Waals surface area contributed by atoms with E-state index in [1.807, 2.05) is 43.5 Å². The van der Waals surface area contributed by atoms with Crippen LogP contribution in [0.2, 0.25) is 5.02 Å². The molecule has 6 nitrogen and oxygen atoms in total. The van der Waals surface area contributed by atoms with Crippen molar-refractivity contribution in [2.75, 3.05) is 23.3 Å². The second-order valence-corrected chi connectivity index (χ2v) is 7.69. The van der Waals surface area contributed by atoms with E-state index in [0.717, 1.165) is 53.2 Å². The van der Waals surface area contributed by atoms with Gasteiger partial charge in [-0.15, -0.1) is 0 Å². The van der Waals surface area contributed by atoms with Gasteiger partial charge in [-0.05, 0) is 30.5 Å². The van der Waals surface area contributed by atoms with Crippen LogP contribution in [-0.2, 0) is 11.3 Å². The molecule has 0 saturated carbocycles. The van der Waals surface area contributed by atoms with Crippen LogP contribution in [0.3, 0.4) is 0 Å². The number of hydrogen-bond donors (Lipinski definition) is 1. The Morgan fingerprint density at radius 3 is 2.76 bits per heavy atom. The van der Waals surface area contributed by atoms with Crippen molar-refractivity contribution in [3.05, 3.63) is 53.3 Å². The first-order valence-corrected chi connectivity index (χ1v) is 10.4. The van der Waals surface area contributed by atoms with Gasteiger partial charge >= 0.3 is 0 Å². The fourth-order valence-corrected chi connectivity index (χ4v) is 4.00. The molecule has 1 N–H and O–H groups in total. The molecule has 0 radical (unpaired) electrons. The maximum atomic E-state index is 12.0. The molecule has 0 atom stereocenters. The third kappa shape index (κ3) is 4.32. The van der Waals surface area contributed by atoms with Crippen LogP contribution in [0.25, 0.3) is 10.9 Å². The Kier molecular flexibility index (Phi) is 5.90. The molecule has 0 spiro atoms. The highest BCUT2D eigenvalue weighted by Crippen LogP contribution is 2.28. The van der Waals surface area contributed by atoms with Gasteiger partial charge in [0, 0.05) is 49.4 Å². The standard InChI is InChI=1S/C22H24ClN5O/c1-2-20(29)15-8-11-28(12-9-15)21-17-14-26-22(27-19(17)7-10-24-21)25-13-16-5-3-4-6-18(16)23/h3-7,10,14-15H,2,8-9,11-13H2,1H3,(H,25,26,27).